The van der Waals surface area contributed by atoms with Crippen molar-refractivity contribution in [1.82, 2.24) is 0 Å². The molecule has 0 N–H and O–H groups in total. The lowest BCUT2D eigenvalue weighted by Crippen LogP contribution is -1.71. The minimum absolute atomic E-state index is 1.11. The highest BCUT2D eigenvalue weighted by atomic mass is 13.9. The van der Waals surface area contributed by atoms with Crippen molar-refractivity contribution in [3.05, 3.63) is 23.8 Å². The molecular weight excluding hydrogens is 132 g/mol. The Kier molecular flexibility index (Phi) is 7.23. The molecule has 0 nitrogen and oxygen atoms in total. The molecule has 0 rings (SSSR count). The van der Waals surface area contributed by atoms with E-state index in [9.17, 15) is 0 Å². The number of hydrogen-bond acceptors (Lipinski definition) is 0. The third kappa shape index (κ3) is 7.38. The Labute approximate surface area is 71.0 Å². The van der Waals surface area contributed by atoms with E-state index in [1.165, 1.54) is 24.8 Å². The van der Waals surface area contributed by atoms with Gasteiger partial charge in [0.15, 0.2) is 0 Å². The first-order chi connectivity index (χ1) is 5.31. The van der Waals surface area contributed by atoms with Gasteiger partial charge in [-0.25, -0.2) is 0 Å². The molecule has 63 valence electrons. The number of allylic oxidation sites excluding steroid dienone is 4. The lowest BCUT2D eigenvalue weighted by molar-refractivity contribution is 0.813. The highest BCUT2D eigenvalue weighted by molar-refractivity contribution is 5.08. The molecular formula is C11H19. The summed E-state index contributed by atoms with van der Waals surface area (Å²) in [5.74, 6) is 0. The molecule has 0 aromatic rings. The minimum Gasteiger partial charge on any atom is -0.0813 e. The van der Waals surface area contributed by atoms with Crippen LogP contribution in [0.5, 0.6) is 0 Å². The van der Waals surface area contributed by atoms with Crippen LogP contribution in [0.4, 0.5) is 0 Å². The molecule has 0 aliphatic carbocycles. The molecule has 0 aromatic carbocycles. The lowest BCUT2D eigenvalue weighted by Gasteiger charge is -1.89. The van der Waals surface area contributed by atoms with Gasteiger partial charge in [0.05, 0.1) is 0 Å². The standard InChI is InChI=1S/C11H19/c1-4-6-7-8-10-11(3)9-5-2/h8-9H,4-7H2,1-3H3. The molecule has 11 heavy (non-hydrogen) atoms. The van der Waals surface area contributed by atoms with Crippen LogP contribution in [0.1, 0.15) is 46.5 Å². The van der Waals surface area contributed by atoms with E-state index < -0.39 is 0 Å². The molecule has 0 aliphatic rings. The first-order valence-electron chi connectivity index (χ1n) is 4.56. The monoisotopic (exact) mass is 151 g/mol. The molecule has 0 unspecified atom stereocenters. The van der Waals surface area contributed by atoms with Gasteiger partial charge in [-0.05, 0) is 31.4 Å². The highest BCUT2D eigenvalue weighted by Gasteiger charge is 1.80. The van der Waals surface area contributed by atoms with E-state index in [2.05, 4.69) is 39.0 Å². The molecule has 1 radical (unpaired) electrons. The third-order valence-electron chi connectivity index (χ3n) is 1.54. The molecule has 0 aliphatic heterocycles. The quantitative estimate of drug-likeness (QED) is 0.413. The molecule has 0 saturated heterocycles. The van der Waals surface area contributed by atoms with Crippen LogP contribution < -0.4 is 0 Å². The molecule has 0 heterocycles. The van der Waals surface area contributed by atoms with Crippen molar-refractivity contribution in [3.63, 3.8) is 0 Å². The van der Waals surface area contributed by atoms with Crippen LogP contribution in [0.15, 0.2) is 17.7 Å². The van der Waals surface area contributed by atoms with E-state index in [0.29, 0.717) is 0 Å². The summed E-state index contributed by atoms with van der Waals surface area (Å²) in [7, 11) is 0. The maximum absolute atomic E-state index is 3.25. The van der Waals surface area contributed by atoms with Crippen LogP contribution in [0.25, 0.3) is 0 Å². The van der Waals surface area contributed by atoms with Crippen LogP contribution in [-0.2, 0) is 0 Å². The molecule has 0 spiro atoms. The lowest BCUT2D eigenvalue weighted by atomic mass is 10.2. The summed E-state index contributed by atoms with van der Waals surface area (Å²) in [6.07, 6.45) is 12.4. The first kappa shape index (κ1) is 10.5. The Morgan fingerprint density at radius 3 is 2.64 bits per heavy atom. The summed E-state index contributed by atoms with van der Waals surface area (Å²) in [5, 5.41) is 0. The van der Waals surface area contributed by atoms with Crippen molar-refractivity contribution in [1.29, 1.82) is 0 Å². The van der Waals surface area contributed by atoms with Crippen LogP contribution >= 0.6 is 0 Å². The van der Waals surface area contributed by atoms with Gasteiger partial charge < -0.3 is 0 Å². The van der Waals surface area contributed by atoms with Gasteiger partial charge in [-0.2, -0.15) is 0 Å². The van der Waals surface area contributed by atoms with Gasteiger partial charge in [-0.1, -0.05) is 38.8 Å². The molecule has 0 atom stereocenters. The second kappa shape index (κ2) is 7.59. The summed E-state index contributed by atoms with van der Waals surface area (Å²) in [6, 6.07) is 0. The summed E-state index contributed by atoms with van der Waals surface area (Å²) >= 11 is 0. The molecule has 0 saturated carbocycles. The van der Waals surface area contributed by atoms with Crippen molar-refractivity contribution in [2.45, 2.75) is 46.5 Å². The third-order valence-corrected chi connectivity index (χ3v) is 1.54. The normalized spacial score (nSPS) is 12.8. The largest absolute Gasteiger partial charge is 0.0813 e. The Bertz CT molecular complexity index is 129. The first-order valence-corrected chi connectivity index (χ1v) is 4.56. The van der Waals surface area contributed by atoms with Crippen molar-refractivity contribution in [2.24, 2.45) is 0 Å². The van der Waals surface area contributed by atoms with Gasteiger partial charge in [0.1, 0.15) is 0 Å². The average Bonchev–Trinajstić information content (AvgIpc) is 1.99. The van der Waals surface area contributed by atoms with Crippen LogP contribution in [0.3, 0.4) is 0 Å². The average molecular weight is 151 g/mol. The number of unbranched alkanes of at least 4 members (excludes halogenated alkanes) is 2. The van der Waals surface area contributed by atoms with Gasteiger partial charge in [0.25, 0.3) is 0 Å². The van der Waals surface area contributed by atoms with Gasteiger partial charge in [-0.15, -0.1) is 0 Å². The highest BCUT2D eigenvalue weighted by Crippen LogP contribution is 1.99. The molecule has 0 heteroatoms. The maximum atomic E-state index is 3.25. The predicted octanol–water partition coefficient (Wildman–Crippen LogP) is 3.89. The molecule has 0 amide bonds. The summed E-state index contributed by atoms with van der Waals surface area (Å²) in [5.41, 5.74) is 1.27. The van der Waals surface area contributed by atoms with Gasteiger partial charge in [0, 0.05) is 0 Å². The minimum atomic E-state index is 1.11. The van der Waals surface area contributed by atoms with E-state index in [0.717, 1.165) is 6.42 Å². The van der Waals surface area contributed by atoms with E-state index in [4.69, 9.17) is 0 Å². The Hall–Kier alpha value is -0.520. The molecule has 0 aromatic heterocycles. The number of rotatable bonds is 5. The summed E-state index contributed by atoms with van der Waals surface area (Å²) in [4.78, 5) is 0. The van der Waals surface area contributed by atoms with Crippen molar-refractivity contribution in [2.75, 3.05) is 0 Å². The van der Waals surface area contributed by atoms with Crippen LogP contribution in [0, 0.1) is 6.08 Å². The fraction of sp³-hybridized carbons (Fsp3) is 0.636. The SMILES string of the molecule is CCC=C(C)[C]=CCCCC. The Balaban J connectivity index is 3.48. The van der Waals surface area contributed by atoms with Gasteiger partial charge in [0.2, 0.25) is 0 Å². The van der Waals surface area contributed by atoms with E-state index in [1.807, 2.05) is 0 Å². The fourth-order valence-electron chi connectivity index (χ4n) is 0.904. The predicted molar refractivity (Wildman–Crippen MR) is 51.4 cm³/mol. The summed E-state index contributed by atoms with van der Waals surface area (Å²) in [6.45, 7) is 6.46. The fourth-order valence-corrected chi connectivity index (χ4v) is 0.904. The zero-order valence-corrected chi connectivity index (χ0v) is 7.98. The van der Waals surface area contributed by atoms with Gasteiger partial charge in [-0.3, -0.25) is 0 Å². The van der Waals surface area contributed by atoms with Gasteiger partial charge >= 0.3 is 0 Å². The van der Waals surface area contributed by atoms with E-state index in [1.54, 1.807) is 0 Å². The maximum Gasteiger partial charge on any atom is -0.0199 e. The van der Waals surface area contributed by atoms with Crippen molar-refractivity contribution in [3.8, 4) is 0 Å². The van der Waals surface area contributed by atoms with Crippen LogP contribution in [0.2, 0.25) is 0 Å². The Morgan fingerprint density at radius 2 is 2.09 bits per heavy atom. The van der Waals surface area contributed by atoms with Crippen molar-refractivity contribution >= 4 is 0 Å². The van der Waals surface area contributed by atoms with E-state index >= 15 is 0 Å². The topological polar surface area (TPSA) is 0 Å². The zero-order valence-electron chi connectivity index (χ0n) is 7.98. The van der Waals surface area contributed by atoms with Crippen LogP contribution in [-0.4, -0.2) is 0 Å². The smallest absolute Gasteiger partial charge is 0.0199 e. The molecule has 0 bridgehead atoms. The second-order valence-corrected chi connectivity index (χ2v) is 2.79. The zero-order chi connectivity index (χ0) is 8.53. The second-order valence-electron chi connectivity index (χ2n) is 2.79. The summed E-state index contributed by atoms with van der Waals surface area (Å²) < 4.78 is 0. The Morgan fingerprint density at radius 1 is 1.36 bits per heavy atom. The molecule has 0 fully saturated rings. The number of hydrogen-bond donors (Lipinski definition) is 0. The van der Waals surface area contributed by atoms with E-state index in [-0.39, 0.29) is 0 Å². The van der Waals surface area contributed by atoms with Crippen molar-refractivity contribution < 1.29 is 0 Å².